The molecule has 43 heavy (non-hydrogen) atoms. The molecule has 0 bridgehead atoms. The van der Waals surface area contributed by atoms with Gasteiger partial charge in [-0.1, -0.05) is 78.6 Å². The van der Waals surface area contributed by atoms with E-state index in [2.05, 4.69) is 57.2 Å². The van der Waals surface area contributed by atoms with Gasteiger partial charge >= 0.3 is 7.32 Å². The smallest absolute Gasteiger partial charge is 0.490 e. The van der Waals surface area contributed by atoms with Gasteiger partial charge in [-0.05, 0) is 109 Å². The van der Waals surface area contributed by atoms with Gasteiger partial charge in [0, 0.05) is 14.7 Å². The van der Waals surface area contributed by atoms with Crippen molar-refractivity contribution in [3.8, 4) is 17.2 Å². The van der Waals surface area contributed by atoms with Crippen LogP contribution in [-0.2, 0) is 0 Å². The Kier molecular flexibility index (Phi) is 18.8. The molecule has 0 aliphatic heterocycles. The molecule has 0 saturated carbocycles. The van der Waals surface area contributed by atoms with Crippen molar-refractivity contribution in [2.24, 2.45) is 0 Å². The summed E-state index contributed by atoms with van der Waals surface area (Å²) < 4.78 is 18.7. The summed E-state index contributed by atoms with van der Waals surface area (Å²) in [6.07, 6.45) is 15.4. The zero-order chi connectivity index (χ0) is 30.4. The maximum atomic E-state index is 6.24. The molecule has 3 aromatic rings. The van der Waals surface area contributed by atoms with Gasteiger partial charge in [-0.15, -0.1) is 35.3 Å². The van der Waals surface area contributed by atoms with Crippen LogP contribution in [0.1, 0.15) is 97.8 Å². The van der Waals surface area contributed by atoms with Gasteiger partial charge in [0.05, 0.1) is 0 Å². The molecule has 0 aliphatic carbocycles. The minimum atomic E-state index is -0.910. The van der Waals surface area contributed by atoms with E-state index in [4.69, 9.17) is 14.0 Å². The van der Waals surface area contributed by atoms with Crippen LogP contribution in [0.15, 0.2) is 87.5 Å². The van der Waals surface area contributed by atoms with Crippen molar-refractivity contribution >= 4 is 42.6 Å². The van der Waals surface area contributed by atoms with Gasteiger partial charge in [0.1, 0.15) is 17.2 Å². The van der Waals surface area contributed by atoms with Crippen molar-refractivity contribution < 1.29 is 14.0 Å². The highest BCUT2D eigenvalue weighted by Crippen LogP contribution is 2.27. The van der Waals surface area contributed by atoms with E-state index in [1.54, 1.807) is 0 Å². The Morgan fingerprint density at radius 3 is 0.930 bits per heavy atom. The molecule has 0 N–H and O–H groups in total. The van der Waals surface area contributed by atoms with Gasteiger partial charge < -0.3 is 14.0 Å². The second kappa shape index (κ2) is 22.6. The zero-order valence-electron chi connectivity index (χ0n) is 26.6. The number of benzene rings is 3. The first kappa shape index (κ1) is 35.7. The van der Waals surface area contributed by atoms with Crippen LogP contribution in [0, 0.1) is 0 Å². The summed E-state index contributed by atoms with van der Waals surface area (Å²) in [6, 6.07) is 24.8. The largest absolute Gasteiger partial charge is 0.864 e. The van der Waals surface area contributed by atoms with Gasteiger partial charge in [-0.2, -0.15) is 0 Å². The van der Waals surface area contributed by atoms with Crippen LogP contribution in [0.5, 0.6) is 17.2 Å². The first-order valence-electron chi connectivity index (χ1n) is 16.4. The summed E-state index contributed by atoms with van der Waals surface area (Å²) in [4.78, 5) is 3.77. The van der Waals surface area contributed by atoms with E-state index in [-0.39, 0.29) is 0 Å². The molecule has 7 heteroatoms. The minimum absolute atomic E-state index is 0.721. The van der Waals surface area contributed by atoms with Crippen LogP contribution in [0.3, 0.4) is 0 Å². The number of rotatable bonds is 24. The quantitative estimate of drug-likeness (QED) is 0.0551. The fourth-order valence-corrected chi connectivity index (χ4v) is 7.14. The molecule has 0 radical (unpaired) electrons. The van der Waals surface area contributed by atoms with Gasteiger partial charge in [-0.3, -0.25) is 0 Å². The van der Waals surface area contributed by atoms with E-state index >= 15 is 0 Å². The monoisotopic (exact) mass is 638 g/mol. The summed E-state index contributed by atoms with van der Waals surface area (Å²) in [5.74, 6) is 5.61. The standard InChI is InChI=1S/C36H51BO3S3/c1-4-7-10-13-28-41-34-22-16-31(17-23-34)38-37(39-32-18-24-35(25-19-32)42-29-14-11-8-5-2)40-33-20-26-36(27-21-33)43-30-15-12-9-6-3/h16-27H,4-15,28-30H2,1-3H3. The highest BCUT2D eigenvalue weighted by molar-refractivity contribution is 7.99. The van der Waals surface area contributed by atoms with Crippen LogP contribution in [-0.4, -0.2) is 24.6 Å². The Morgan fingerprint density at radius 2 is 0.674 bits per heavy atom. The Morgan fingerprint density at radius 1 is 0.395 bits per heavy atom. The van der Waals surface area contributed by atoms with E-state index in [0.29, 0.717) is 0 Å². The van der Waals surface area contributed by atoms with Crippen molar-refractivity contribution in [2.75, 3.05) is 17.3 Å². The van der Waals surface area contributed by atoms with Crippen LogP contribution in [0.4, 0.5) is 0 Å². The van der Waals surface area contributed by atoms with E-state index in [1.165, 1.54) is 91.7 Å². The Bertz CT molecular complexity index is 953. The Balaban J connectivity index is 1.59. The highest BCUT2D eigenvalue weighted by Gasteiger charge is 2.30. The summed E-state index contributed by atoms with van der Waals surface area (Å²) >= 11 is 5.71. The molecule has 3 aromatic carbocycles. The predicted molar refractivity (Wildman–Crippen MR) is 192 cm³/mol. The lowest BCUT2D eigenvalue weighted by Gasteiger charge is -2.17. The Hall–Kier alpha value is -1.83. The topological polar surface area (TPSA) is 27.7 Å². The lowest BCUT2D eigenvalue weighted by Crippen LogP contribution is -2.36. The molecule has 0 fully saturated rings. The van der Waals surface area contributed by atoms with Crippen molar-refractivity contribution in [1.82, 2.24) is 0 Å². The van der Waals surface area contributed by atoms with Gasteiger partial charge in [0.25, 0.3) is 0 Å². The lowest BCUT2D eigenvalue weighted by atomic mass is 10.2. The predicted octanol–water partition coefficient (Wildman–Crippen LogP) is 12.2. The summed E-state index contributed by atoms with van der Waals surface area (Å²) in [5.41, 5.74) is 0. The van der Waals surface area contributed by atoms with Gasteiger partial charge in [-0.25, -0.2) is 0 Å². The second-order valence-corrected chi connectivity index (χ2v) is 14.3. The fourth-order valence-electron chi connectivity index (χ4n) is 4.41. The second-order valence-electron chi connectivity index (χ2n) is 10.8. The van der Waals surface area contributed by atoms with Crippen molar-refractivity contribution in [1.29, 1.82) is 0 Å². The first-order valence-corrected chi connectivity index (χ1v) is 19.3. The molecule has 0 amide bonds. The molecular weight excluding hydrogens is 587 g/mol. The van der Waals surface area contributed by atoms with Crippen LogP contribution >= 0.6 is 35.3 Å². The molecule has 0 heterocycles. The van der Waals surface area contributed by atoms with E-state index in [9.17, 15) is 0 Å². The van der Waals surface area contributed by atoms with Gasteiger partial charge in [0.15, 0.2) is 0 Å². The average Bonchev–Trinajstić information content (AvgIpc) is 3.03. The summed E-state index contributed by atoms with van der Waals surface area (Å²) in [6.45, 7) is 6.76. The average molecular weight is 639 g/mol. The normalized spacial score (nSPS) is 11.0. The molecule has 0 saturated heterocycles. The molecule has 3 nitrogen and oxygen atoms in total. The maximum Gasteiger partial charge on any atom is 0.864 e. The molecule has 0 aliphatic rings. The summed E-state index contributed by atoms with van der Waals surface area (Å²) in [7, 11) is -0.910. The van der Waals surface area contributed by atoms with Gasteiger partial charge in [0.2, 0.25) is 0 Å². The zero-order valence-corrected chi connectivity index (χ0v) is 29.0. The van der Waals surface area contributed by atoms with Crippen LogP contribution < -0.4 is 14.0 Å². The molecule has 0 spiro atoms. The molecule has 0 aromatic heterocycles. The molecule has 234 valence electrons. The Labute approximate surface area is 275 Å². The number of hydrogen-bond acceptors (Lipinski definition) is 6. The third-order valence-corrected chi connectivity index (χ3v) is 10.3. The SMILES string of the molecule is CCCCCCSc1ccc(OB(Oc2ccc(SCCCCCC)cc2)Oc2ccc(SCCCCCC)cc2)cc1. The molecule has 0 unspecified atom stereocenters. The van der Waals surface area contributed by atoms with Crippen molar-refractivity contribution in [3.05, 3.63) is 72.8 Å². The minimum Gasteiger partial charge on any atom is -0.490 e. The number of thioether (sulfide) groups is 3. The third kappa shape index (κ3) is 15.6. The summed E-state index contributed by atoms with van der Waals surface area (Å²) in [5, 5.41) is 0. The van der Waals surface area contributed by atoms with E-state index in [0.717, 1.165) is 34.5 Å². The van der Waals surface area contributed by atoms with E-state index < -0.39 is 7.32 Å². The maximum absolute atomic E-state index is 6.24. The van der Waals surface area contributed by atoms with Crippen LogP contribution in [0.2, 0.25) is 0 Å². The van der Waals surface area contributed by atoms with E-state index in [1.807, 2.05) is 71.7 Å². The molecule has 0 atom stereocenters. The number of unbranched alkanes of at least 4 members (excludes halogenated alkanes) is 9. The number of hydrogen-bond donors (Lipinski definition) is 0. The first-order chi connectivity index (χ1) is 21.2. The third-order valence-electron chi connectivity index (χ3n) is 6.97. The molecule has 3 rings (SSSR count). The fraction of sp³-hybridized carbons (Fsp3) is 0.500. The molecular formula is C36H51BO3S3. The van der Waals surface area contributed by atoms with Crippen molar-refractivity contribution in [3.63, 3.8) is 0 Å². The van der Waals surface area contributed by atoms with Crippen LogP contribution in [0.25, 0.3) is 0 Å². The van der Waals surface area contributed by atoms with Crippen molar-refractivity contribution in [2.45, 2.75) is 113 Å². The highest BCUT2D eigenvalue weighted by atomic mass is 32.2. The lowest BCUT2D eigenvalue weighted by molar-refractivity contribution is 0.307.